The number of hydrogen-bond acceptors (Lipinski definition) is 4. The molecule has 0 aliphatic carbocycles. The predicted octanol–water partition coefficient (Wildman–Crippen LogP) is -0.591. The molecule has 3 N–H and O–H groups in total. The van der Waals surface area contributed by atoms with E-state index < -0.39 is 17.0 Å². The summed E-state index contributed by atoms with van der Waals surface area (Å²) < 4.78 is 0. The van der Waals surface area contributed by atoms with Gasteiger partial charge in [-0.05, 0) is 13.8 Å². The maximum Gasteiger partial charge on any atom is 0.0914 e. The minimum absolute atomic E-state index is 0.377. The average Bonchev–Trinajstić information content (AvgIpc) is 1.83. The van der Waals surface area contributed by atoms with Crippen molar-refractivity contribution in [2.45, 2.75) is 30.8 Å². The molecule has 0 aliphatic rings. The number of aliphatic hydroxyl groups is 3. The zero-order valence-corrected chi connectivity index (χ0v) is 7.05. The molecule has 0 aromatic rings. The summed E-state index contributed by atoms with van der Waals surface area (Å²) in [6, 6.07) is 0. The van der Waals surface area contributed by atoms with Gasteiger partial charge in [0.05, 0.1) is 23.6 Å². The third-order valence-electron chi connectivity index (χ3n) is 1.28. The fourth-order valence-corrected chi connectivity index (χ4v) is 0.665. The Hall–Kier alpha value is 0.230. The third kappa shape index (κ3) is 2.88. The van der Waals surface area contributed by atoms with Gasteiger partial charge in [0.25, 0.3) is 0 Å². The highest BCUT2D eigenvalue weighted by Gasteiger charge is 2.29. The van der Waals surface area contributed by atoms with Crippen LogP contribution in [0.4, 0.5) is 0 Å². The molecular weight excluding hydrogens is 152 g/mol. The van der Waals surface area contributed by atoms with E-state index in [2.05, 4.69) is 12.6 Å². The van der Waals surface area contributed by atoms with Crippen molar-refractivity contribution in [2.24, 2.45) is 0 Å². The van der Waals surface area contributed by atoms with Crippen LogP contribution in [0.15, 0.2) is 0 Å². The summed E-state index contributed by atoms with van der Waals surface area (Å²) in [7, 11) is 0. The number of aliphatic hydroxyl groups excluding tert-OH is 2. The van der Waals surface area contributed by atoms with Crippen LogP contribution >= 0.6 is 12.6 Å². The molecule has 0 unspecified atom stereocenters. The number of rotatable bonds is 3. The highest BCUT2D eigenvalue weighted by Crippen LogP contribution is 2.17. The Balaban J connectivity index is 3.94. The molecule has 0 saturated heterocycles. The minimum Gasteiger partial charge on any atom is -0.394 e. The molecule has 0 aromatic carbocycles. The van der Waals surface area contributed by atoms with E-state index in [0.29, 0.717) is 0 Å². The molecule has 0 fully saturated rings. The predicted molar refractivity (Wildman–Crippen MR) is 42.2 cm³/mol. The van der Waals surface area contributed by atoms with E-state index in [1.807, 2.05) is 0 Å². The van der Waals surface area contributed by atoms with Crippen molar-refractivity contribution < 1.29 is 15.3 Å². The lowest BCUT2D eigenvalue weighted by atomic mass is 10.0. The van der Waals surface area contributed by atoms with Crippen molar-refractivity contribution in [2.75, 3.05) is 6.61 Å². The minimum atomic E-state index is -1.06. The lowest BCUT2D eigenvalue weighted by Crippen LogP contribution is -2.42. The fourth-order valence-electron chi connectivity index (χ4n) is 0.571. The van der Waals surface area contributed by atoms with Gasteiger partial charge in [-0.25, -0.2) is 0 Å². The van der Waals surface area contributed by atoms with Crippen molar-refractivity contribution in [1.82, 2.24) is 0 Å². The molecule has 0 rings (SSSR count). The number of thiol groups is 1. The van der Waals surface area contributed by atoms with E-state index in [1.54, 1.807) is 0 Å². The second-order valence-electron chi connectivity index (χ2n) is 2.85. The van der Waals surface area contributed by atoms with E-state index in [0.717, 1.165) is 0 Å². The summed E-state index contributed by atoms with van der Waals surface area (Å²) in [4.78, 5) is 0. The first kappa shape index (κ1) is 10.2. The topological polar surface area (TPSA) is 60.7 Å². The quantitative estimate of drug-likeness (QED) is 0.424. The zero-order valence-electron chi connectivity index (χ0n) is 6.15. The maximum atomic E-state index is 9.24. The SMILES string of the molecule is CC(C)(O)[C@@H](S)[C@H](O)CO. The Kier molecular flexibility index (Phi) is 3.65. The summed E-state index contributed by atoms with van der Waals surface area (Å²) >= 11 is 3.93. The maximum absolute atomic E-state index is 9.24. The van der Waals surface area contributed by atoms with Gasteiger partial charge in [0.2, 0.25) is 0 Å². The van der Waals surface area contributed by atoms with Crippen molar-refractivity contribution in [3.8, 4) is 0 Å². The second kappa shape index (κ2) is 3.57. The van der Waals surface area contributed by atoms with Crippen LogP contribution in [0.3, 0.4) is 0 Å². The van der Waals surface area contributed by atoms with Crippen molar-refractivity contribution in [3.63, 3.8) is 0 Å². The molecule has 2 atom stereocenters. The Morgan fingerprint density at radius 2 is 1.90 bits per heavy atom. The second-order valence-corrected chi connectivity index (χ2v) is 3.40. The van der Waals surface area contributed by atoms with E-state index in [4.69, 9.17) is 10.2 Å². The Morgan fingerprint density at radius 1 is 1.50 bits per heavy atom. The van der Waals surface area contributed by atoms with E-state index in [1.165, 1.54) is 13.8 Å². The molecule has 0 amide bonds. The molecule has 0 spiro atoms. The van der Waals surface area contributed by atoms with Gasteiger partial charge in [-0.15, -0.1) is 0 Å². The van der Waals surface area contributed by atoms with Crippen LogP contribution in [0, 0.1) is 0 Å². The molecule has 10 heavy (non-hydrogen) atoms. The lowest BCUT2D eigenvalue weighted by Gasteiger charge is -2.27. The Labute approximate surface area is 66.1 Å². The van der Waals surface area contributed by atoms with Gasteiger partial charge in [-0.2, -0.15) is 12.6 Å². The first-order chi connectivity index (χ1) is 4.39. The van der Waals surface area contributed by atoms with Crippen LogP contribution in [0.1, 0.15) is 13.8 Å². The molecule has 4 heteroatoms. The summed E-state index contributed by atoms with van der Waals surface area (Å²) in [5.41, 5.74) is -1.06. The van der Waals surface area contributed by atoms with Gasteiger partial charge in [-0.3, -0.25) is 0 Å². The van der Waals surface area contributed by atoms with E-state index in [-0.39, 0.29) is 6.61 Å². The van der Waals surface area contributed by atoms with Gasteiger partial charge >= 0.3 is 0 Å². The first-order valence-electron chi connectivity index (χ1n) is 3.09. The van der Waals surface area contributed by atoms with Crippen LogP contribution in [-0.2, 0) is 0 Å². The molecule has 62 valence electrons. The van der Waals surface area contributed by atoms with E-state index >= 15 is 0 Å². The largest absolute Gasteiger partial charge is 0.394 e. The Bertz CT molecular complexity index is 99.7. The van der Waals surface area contributed by atoms with Crippen LogP contribution in [-0.4, -0.2) is 38.9 Å². The average molecular weight is 166 g/mol. The lowest BCUT2D eigenvalue weighted by molar-refractivity contribution is 0.00598. The van der Waals surface area contributed by atoms with Crippen molar-refractivity contribution in [3.05, 3.63) is 0 Å². The van der Waals surface area contributed by atoms with Crippen LogP contribution < -0.4 is 0 Å². The van der Waals surface area contributed by atoms with Gasteiger partial charge < -0.3 is 15.3 Å². The zero-order chi connectivity index (χ0) is 8.36. The van der Waals surface area contributed by atoms with Gasteiger partial charge in [0.15, 0.2) is 0 Å². The molecule has 0 aliphatic heterocycles. The standard InChI is InChI=1S/C6H14O3S/c1-6(2,9)5(10)4(8)3-7/h4-5,7-10H,3H2,1-2H3/t4-,5+/m1/s1. The smallest absolute Gasteiger partial charge is 0.0914 e. The molecule has 0 radical (unpaired) electrons. The van der Waals surface area contributed by atoms with Crippen LogP contribution in [0.2, 0.25) is 0 Å². The summed E-state index contributed by atoms with van der Waals surface area (Å²) in [6.45, 7) is 2.69. The molecule has 0 heterocycles. The normalized spacial score (nSPS) is 18.6. The molecular formula is C6H14O3S. The van der Waals surface area contributed by atoms with Crippen LogP contribution in [0.25, 0.3) is 0 Å². The Morgan fingerprint density at radius 3 is 2.00 bits per heavy atom. The van der Waals surface area contributed by atoms with Gasteiger partial charge in [-0.1, -0.05) is 0 Å². The van der Waals surface area contributed by atoms with Crippen molar-refractivity contribution >= 4 is 12.6 Å². The van der Waals surface area contributed by atoms with Crippen molar-refractivity contribution in [1.29, 1.82) is 0 Å². The summed E-state index contributed by atoms with van der Waals surface area (Å²) in [6.07, 6.45) is -0.969. The number of hydrogen-bond donors (Lipinski definition) is 4. The molecule has 0 saturated carbocycles. The summed E-state index contributed by atoms with van der Waals surface area (Å²) in [5, 5.41) is 26.1. The van der Waals surface area contributed by atoms with Gasteiger partial charge in [0, 0.05) is 0 Å². The summed E-state index contributed by atoms with van der Waals surface area (Å²) in [5.74, 6) is 0. The highest BCUT2D eigenvalue weighted by atomic mass is 32.1. The van der Waals surface area contributed by atoms with Gasteiger partial charge in [0.1, 0.15) is 0 Å². The molecule has 0 bridgehead atoms. The molecule has 3 nitrogen and oxygen atoms in total. The van der Waals surface area contributed by atoms with E-state index in [9.17, 15) is 5.11 Å². The first-order valence-corrected chi connectivity index (χ1v) is 3.60. The highest BCUT2D eigenvalue weighted by molar-refractivity contribution is 7.81. The van der Waals surface area contributed by atoms with Crippen LogP contribution in [0.5, 0.6) is 0 Å². The monoisotopic (exact) mass is 166 g/mol. The molecule has 0 aromatic heterocycles. The third-order valence-corrected chi connectivity index (χ3v) is 2.25. The fraction of sp³-hybridized carbons (Fsp3) is 1.00.